The van der Waals surface area contributed by atoms with E-state index in [4.69, 9.17) is 4.74 Å². The third-order valence-electron chi connectivity index (χ3n) is 3.39. The first-order valence-corrected chi connectivity index (χ1v) is 7.09. The molecule has 4 nitrogen and oxygen atoms in total. The molecule has 4 heteroatoms. The van der Waals surface area contributed by atoms with Gasteiger partial charge in [0.25, 0.3) is 0 Å². The summed E-state index contributed by atoms with van der Waals surface area (Å²) in [6.07, 6.45) is 0.489. The molecule has 1 aromatic rings. The molecule has 1 saturated heterocycles. The highest BCUT2D eigenvalue weighted by Gasteiger charge is 2.34. The second kappa shape index (κ2) is 5.83. The van der Waals surface area contributed by atoms with Gasteiger partial charge in [0.05, 0.1) is 12.1 Å². The predicted molar refractivity (Wildman–Crippen MR) is 77.4 cm³/mol. The van der Waals surface area contributed by atoms with Crippen molar-refractivity contribution in [2.24, 2.45) is 0 Å². The van der Waals surface area contributed by atoms with Crippen molar-refractivity contribution in [3.8, 4) is 0 Å². The summed E-state index contributed by atoms with van der Waals surface area (Å²) in [6, 6.07) is 9.70. The van der Waals surface area contributed by atoms with E-state index in [1.807, 2.05) is 51.1 Å². The van der Waals surface area contributed by atoms with Gasteiger partial charge in [-0.05, 0) is 39.2 Å². The molecule has 0 spiro atoms. The maximum absolute atomic E-state index is 12.3. The van der Waals surface area contributed by atoms with Gasteiger partial charge < -0.3 is 14.7 Å². The molecule has 20 heavy (non-hydrogen) atoms. The molecule has 1 aliphatic rings. The molecule has 0 unspecified atom stereocenters. The van der Waals surface area contributed by atoms with Crippen LogP contribution in [0.1, 0.15) is 45.2 Å². The number of ether oxygens (including phenoxy) is 1. The molecule has 1 N–H and O–H groups in total. The summed E-state index contributed by atoms with van der Waals surface area (Å²) in [6.45, 7) is 6.11. The third kappa shape index (κ3) is 3.73. The molecule has 0 saturated carbocycles. The van der Waals surface area contributed by atoms with E-state index in [0.29, 0.717) is 19.4 Å². The van der Waals surface area contributed by atoms with Crippen LogP contribution in [0.15, 0.2) is 30.3 Å². The van der Waals surface area contributed by atoms with Gasteiger partial charge in [0, 0.05) is 6.54 Å². The zero-order valence-electron chi connectivity index (χ0n) is 12.4. The lowest BCUT2D eigenvalue weighted by atomic mass is 9.94. The highest BCUT2D eigenvalue weighted by atomic mass is 16.6. The third-order valence-corrected chi connectivity index (χ3v) is 3.39. The van der Waals surface area contributed by atoms with Crippen molar-refractivity contribution in [1.82, 2.24) is 4.90 Å². The smallest absolute Gasteiger partial charge is 0.410 e. The number of rotatable bonds is 1. The Labute approximate surface area is 120 Å². The Kier molecular flexibility index (Phi) is 4.33. The maximum atomic E-state index is 12.3. The average Bonchev–Trinajstić information content (AvgIpc) is 2.37. The summed E-state index contributed by atoms with van der Waals surface area (Å²) >= 11 is 0. The number of carbonyl (C=O) groups excluding carboxylic acids is 1. The number of amides is 1. The number of aliphatic hydroxyl groups is 1. The monoisotopic (exact) mass is 277 g/mol. The lowest BCUT2D eigenvalue weighted by Crippen LogP contribution is -2.44. The SMILES string of the molecule is CC(C)(C)OC(=O)N1CC[C@@H](O)C[C@H]1c1ccccc1. The molecule has 1 aliphatic heterocycles. The van der Waals surface area contributed by atoms with E-state index < -0.39 is 5.60 Å². The minimum atomic E-state index is -0.506. The van der Waals surface area contributed by atoms with Crippen molar-refractivity contribution in [1.29, 1.82) is 0 Å². The highest BCUT2D eigenvalue weighted by molar-refractivity contribution is 5.69. The quantitative estimate of drug-likeness (QED) is 0.858. The average molecular weight is 277 g/mol. The number of piperidine rings is 1. The van der Waals surface area contributed by atoms with E-state index in [0.717, 1.165) is 5.56 Å². The predicted octanol–water partition coefficient (Wildman–Crippen LogP) is 3.12. The zero-order chi connectivity index (χ0) is 14.8. The molecule has 1 heterocycles. The number of benzene rings is 1. The van der Waals surface area contributed by atoms with Gasteiger partial charge in [-0.2, -0.15) is 0 Å². The fourth-order valence-electron chi connectivity index (χ4n) is 2.48. The van der Waals surface area contributed by atoms with Crippen LogP contribution in [-0.2, 0) is 4.74 Å². The minimum Gasteiger partial charge on any atom is -0.444 e. The number of aliphatic hydroxyl groups excluding tert-OH is 1. The Morgan fingerprint density at radius 2 is 1.95 bits per heavy atom. The Balaban J connectivity index is 2.19. The van der Waals surface area contributed by atoms with E-state index in [1.165, 1.54) is 0 Å². The van der Waals surface area contributed by atoms with E-state index in [-0.39, 0.29) is 18.2 Å². The summed E-state index contributed by atoms with van der Waals surface area (Å²) in [7, 11) is 0. The Morgan fingerprint density at radius 3 is 2.55 bits per heavy atom. The molecule has 2 rings (SSSR count). The van der Waals surface area contributed by atoms with Gasteiger partial charge in [0.1, 0.15) is 5.60 Å². The summed E-state index contributed by atoms with van der Waals surface area (Å²) in [5.74, 6) is 0. The van der Waals surface area contributed by atoms with E-state index in [2.05, 4.69) is 0 Å². The molecular formula is C16H23NO3. The van der Waals surface area contributed by atoms with Gasteiger partial charge in [-0.15, -0.1) is 0 Å². The summed E-state index contributed by atoms with van der Waals surface area (Å²) in [4.78, 5) is 14.1. The van der Waals surface area contributed by atoms with Crippen molar-refractivity contribution in [2.45, 2.75) is 51.4 Å². The van der Waals surface area contributed by atoms with Crippen molar-refractivity contribution >= 4 is 6.09 Å². The van der Waals surface area contributed by atoms with Gasteiger partial charge in [-0.1, -0.05) is 30.3 Å². The zero-order valence-corrected chi connectivity index (χ0v) is 12.4. The molecular weight excluding hydrogens is 254 g/mol. The minimum absolute atomic E-state index is 0.116. The summed E-state index contributed by atoms with van der Waals surface area (Å²) < 4.78 is 5.47. The van der Waals surface area contributed by atoms with Crippen LogP contribution in [0.5, 0.6) is 0 Å². The van der Waals surface area contributed by atoms with Crippen LogP contribution in [0.25, 0.3) is 0 Å². The van der Waals surface area contributed by atoms with Crippen LogP contribution in [0.2, 0.25) is 0 Å². The van der Waals surface area contributed by atoms with Gasteiger partial charge in [-0.25, -0.2) is 4.79 Å². The van der Waals surface area contributed by atoms with E-state index >= 15 is 0 Å². The molecule has 0 radical (unpaired) electrons. The Morgan fingerprint density at radius 1 is 1.30 bits per heavy atom. The molecule has 1 fully saturated rings. The van der Waals surface area contributed by atoms with Crippen molar-refractivity contribution in [2.75, 3.05) is 6.54 Å². The van der Waals surface area contributed by atoms with Gasteiger partial charge in [0.15, 0.2) is 0 Å². The molecule has 2 atom stereocenters. The Bertz CT molecular complexity index is 453. The Hall–Kier alpha value is -1.55. The number of carbonyl (C=O) groups is 1. The first-order valence-electron chi connectivity index (χ1n) is 7.09. The van der Waals surface area contributed by atoms with Gasteiger partial charge in [-0.3, -0.25) is 0 Å². The van der Waals surface area contributed by atoms with Crippen LogP contribution in [0.4, 0.5) is 4.79 Å². The van der Waals surface area contributed by atoms with Gasteiger partial charge in [0.2, 0.25) is 0 Å². The van der Waals surface area contributed by atoms with Gasteiger partial charge >= 0.3 is 6.09 Å². The fourth-order valence-corrected chi connectivity index (χ4v) is 2.48. The number of hydrogen-bond donors (Lipinski definition) is 1. The molecule has 1 aromatic carbocycles. The molecule has 0 aromatic heterocycles. The van der Waals surface area contributed by atoms with Crippen molar-refractivity contribution in [3.05, 3.63) is 35.9 Å². The fraction of sp³-hybridized carbons (Fsp3) is 0.562. The summed E-state index contributed by atoms with van der Waals surface area (Å²) in [5.41, 5.74) is 0.533. The number of nitrogens with zero attached hydrogens (tertiary/aromatic N) is 1. The topological polar surface area (TPSA) is 49.8 Å². The highest BCUT2D eigenvalue weighted by Crippen LogP contribution is 2.32. The van der Waals surface area contributed by atoms with Crippen LogP contribution >= 0.6 is 0 Å². The van der Waals surface area contributed by atoms with E-state index in [1.54, 1.807) is 4.90 Å². The molecule has 0 aliphatic carbocycles. The molecule has 1 amide bonds. The van der Waals surface area contributed by atoms with Crippen LogP contribution in [-0.4, -0.2) is 34.3 Å². The number of hydrogen-bond acceptors (Lipinski definition) is 3. The van der Waals surface area contributed by atoms with Crippen LogP contribution in [0, 0.1) is 0 Å². The van der Waals surface area contributed by atoms with Crippen molar-refractivity contribution in [3.63, 3.8) is 0 Å². The first-order chi connectivity index (χ1) is 9.37. The van der Waals surface area contributed by atoms with E-state index in [9.17, 15) is 9.90 Å². The number of likely N-dealkylation sites (tertiary alicyclic amines) is 1. The molecule has 110 valence electrons. The van der Waals surface area contributed by atoms with Crippen LogP contribution in [0.3, 0.4) is 0 Å². The largest absolute Gasteiger partial charge is 0.444 e. The standard InChI is InChI=1S/C16H23NO3/c1-16(2,3)20-15(19)17-10-9-13(18)11-14(17)12-7-5-4-6-8-12/h4-8,13-14,18H,9-11H2,1-3H3/t13-,14+/m1/s1. The normalized spacial score (nSPS) is 23.5. The lowest BCUT2D eigenvalue weighted by Gasteiger charge is -2.38. The second-order valence-corrected chi connectivity index (χ2v) is 6.28. The van der Waals surface area contributed by atoms with Crippen molar-refractivity contribution < 1.29 is 14.6 Å². The lowest BCUT2D eigenvalue weighted by molar-refractivity contribution is -0.00842. The second-order valence-electron chi connectivity index (χ2n) is 6.28. The first kappa shape index (κ1) is 14.9. The summed E-state index contributed by atoms with van der Waals surface area (Å²) in [5, 5.41) is 9.89. The molecule has 0 bridgehead atoms. The maximum Gasteiger partial charge on any atom is 0.410 e. The van der Waals surface area contributed by atoms with Crippen LogP contribution < -0.4 is 0 Å².